The molecule has 3 N–H and O–H groups in total. The summed E-state index contributed by atoms with van der Waals surface area (Å²) in [4.78, 5) is 0. The summed E-state index contributed by atoms with van der Waals surface area (Å²) >= 11 is 0. The number of hydrogen-bond donors (Lipinski definition) is 2. The first-order valence-electron chi connectivity index (χ1n) is 11.4. The summed E-state index contributed by atoms with van der Waals surface area (Å²) in [6.07, 6.45) is 21.8. The molecular weight excluding hydrogens is 308 g/mol. The van der Waals surface area contributed by atoms with Gasteiger partial charge < -0.3 is 15.8 Å². The molecule has 0 atom stereocenters. The average Bonchev–Trinajstić information content (AvgIpc) is 2.63. The molecular formula is C22H48N2O. The Bertz CT molecular complexity index is 202. The summed E-state index contributed by atoms with van der Waals surface area (Å²) in [6.45, 7) is 7.11. The Morgan fingerprint density at radius 2 is 1.00 bits per heavy atom. The molecule has 3 nitrogen and oxygen atoms in total. The minimum Gasteiger partial charge on any atom is -0.381 e. The Hall–Kier alpha value is -0.120. The fourth-order valence-corrected chi connectivity index (χ4v) is 3.13. The molecule has 0 aromatic heterocycles. The van der Waals surface area contributed by atoms with Crippen LogP contribution in [0.1, 0.15) is 110 Å². The molecule has 0 aliphatic heterocycles. The molecule has 3 heteroatoms. The van der Waals surface area contributed by atoms with Gasteiger partial charge in [-0.3, -0.25) is 0 Å². The van der Waals surface area contributed by atoms with Crippen LogP contribution in [-0.4, -0.2) is 32.8 Å². The second-order valence-corrected chi connectivity index (χ2v) is 7.45. The monoisotopic (exact) mass is 356 g/mol. The van der Waals surface area contributed by atoms with Crippen LogP contribution >= 0.6 is 0 Å². The molecule has 0 spiro atoms. The van der Waals surface area contributed by atoms with Gasteiger partial charge in [0.2, 0.25) is 0 Å². The van der Waals surface area contributed by atoms with Gasteiger partial charge in [0, 0.05) is 13.2 Å². The summed E-state index contributed by atoms with van der Waals surface area (Å²) < 4.78 is 5.71. The highest BCUT2D eigenvalue weighted by Gasteiger charge is 1.95. The minimum atomic E-state index is 0.787. The fourth-order valence-electron chi connectivity index (χ4n) is 3.13. The lowest BCUT2D eigenvalue weighted by atomic mass is 10.0. The van der Waals surface area contributed by atoms with Crippen molar-refractivity contribution in [3.05, 3.63) is 0 Å². The first-order chi connectivity index (χ1) is 12.4. The fraction of sp³-hybridized carbons (Fsp3) is 1.00. The maximum Gasteiger partial charge on any atom is 0.0466 e. The van der Waals surface area contributed by atoms with Gasteiger partial charge in [-0.2, -0.15) is 0 Å². The first kappa shape index (κ1) is 24.9. The van der Waals surface area contributed by atoms with Crippen LogP contribution < -0.4 is 11.1 Å². The van der Waals surface area contributed by atoms with E-state index in [9.17, 15) is 0 Å². The van der Waals surface area contributed by atoms with Crippen LogP contribution in [-0.2, 0) is 4.74 Å². The molecule has 0 fully saturated rings. The molecule has 0 rings (SSSR count). The molecule has 0 saturated carbocycles. The number of ether oxygens (including phenoxy) is 1. The lowest BCUT2D eigenvalue weighted by Crippen LogP contribution is -2.19. The highest BCUT2D eigenvalue weighted by Crippen LogP contribution is 2.12. The smallest absolute Gasteiger partial charge is 0.0466 e. The molecule has 0 bridgehead atoms. The summed E-state index contributed by atoms with van der Waals surface area (Å²) in [5, 5.41) is 3.41. The summed E-state index contributed by atoms with van der Waals surface area (Å²) in [7, 11) is 0. The van der Waals surface area contributed by atoms with Crippen LogP contribution in [0.4, 0.5) is 0 Å². The Morgan fingerprint density at radius 1 is 0.560 bits per heavy atom. The van der Waals surface area contributed by atoms with E-state index in [1.54, 1.807) is 0 Å². The van der Waals surface area contributed by atoms with Gasteiger partial charge in [-0.25, -0.2) is 0 Å². The van der Waals surface area contributed by atoms with E-state index >= 15 is 0 Å². The molecule has 0 saturated heterocycles. The summed E-state index contributed by atoms with van der Waals surface area (Å²) in [5.74, 6) is 0. The molecule has 0 unspecified atom stereocenters. The average molecular weight is 357 g/mol. The lowest BCUT2D eigenvalue weighted by Gasteiger charge is -2.06. The van der Waals surface area contributed by atoms with Crippen LogP contribution in [0.5, 0.6) is 0 Å². The highest BCUT2D eigenvalue weighted by molar-refractivity contribution is 4.50. The van der Waals surface area contributed by atoms with E-state index in [2.05, 4.69) is 12.2 Å². The third-order valence-electron chi connectivity index (χ3n) is 4.84. The van der Waals surface area contributed by atoms with E-state index in [1.165, 1.54) is 96.3 Å². The van der Waals surface area contributed by atoms with Crippen molar-refractivity contribution >= 4 is 0 Å². The Morgan fingerprint density at radius 3 is 1.52 bits per heavy atom. The molecule has 25 heavy (non-hydrogen) atoms. The lowest BCUT2D eigenvalue weighted by molar-refractivity contribution is 0.126. The second kappa shape index (κ2) is 23.9. The van der Waals surface area contributed by atoms with E-state index in [1.807, 2.05) is 0 Å². The van der Waals surface area contributed by atoms with Crippen molar-refractivity contribution in [2.45, 2.75) is 110 Å². The van der Waals surface area contributed by atoms with Crippen LogP contribution in [0.15, 0.2) is 0 Å². The number of nitrogens with two attached hydrogens (primary N) is 1. The zero-order valence-electron chi connectivity index (χ0n) is 17.3. The van der Waals surface area contributed by atoms with Crippen LogP contribution in [0.2, 0.25) is 0 Å². The molecule has 0 aliphatic rings. The van der Waals surface area contributed by atoms with Crippen molar-refractivity contribution in [3.8, 4) is 0 Å². The van der Waals surface area contributed by atoms with Gasteiger partial charge in [-0.1, -0.05) is 84.0 Å². The zero-order valence-corrected chi connectivity index (χ0v) is 17.3. The van der Waals surface area contributed by atoms with Gasteiger partial charge in [-0.05, 0) is 45.3 Å². The third-order valence-corrected chi connectivity index (χ3v) is 4.84. The van der Waals surface area contributed by atoms with Gasteiger partial charge in [0.15, 0.2) is 0 Å². The van der Waals surface area contributed by atoms with Crippen molar-refractivity contribution in [3.63, 3.8) is 0 Å². The van der Waals surface area contributed by atoms with Crippen molar-refractivity contribution in [2.24, 2.45) is 5.73 Å². The van der Waals surface area contributed by atoms with Crippen molar-refractivity contribution < 1.29 is 4.74 Å². The van der Waals surface area contributed by atoms with Gasteiger partial charge >= 0.3 is 0 Å². The van der Waals surface area contributed by atoms with Crippen LogP contribution in [0.25, 0.3) is 0 Å². The molecule has 152 valence electrons. The quantitative estimate of drug-likeness (QED) is 0.241. The molecule has 0 aromatic rings. The van der Waals surface area contributed by atoms with E-state index in [0.717, 1.165) is 39.3 Å². The second-order valence-electron chi connectivity index (χ2n) is 7.45. The Balaban J connectivity index is 2.94. The number of unbranched alkanes of at least 4 members (excludes halogenated alkanes) is 13. The minimum absolute atomic E-state index is 0.787. The van der Waals surface area contributed by atoms with Gasteiger partial charge in [-0.15, -0.1) is 0 Å². The molecule has 0 radical (unpaired) electrons. The molecule has 0 aliphatic carbocycles. The standard InChI is InChI=1S/C22H48N2O/c1-2-3-4-5-6-7-8-9-10-11-12-13-15-21-25-22-16-14-19-24-20-17-18-23/h24H,2-23H2,1H3. The van der Waals surface area contributed by atoms with E-state index in [4.69, 9.17) is 10.5 Å². The molecule has 0 aromatic carbocycles. The number of hydrogen-bond acceptors (Lipinski definition) is 3. The SMILES string of the molecule is CCCCCCCCCCCCCCCOCCCCNCCCN. The normalized spacial score (nSPS) is 11.3. The van der Waals surface area contributed by atoms with Crippen molar-refractivity contribution in [2.75, 3.05) is 32.8 Å². The van der Waals surface area contributed by atoms with Gasteiger partial charge in [0.25, 0.3) is 0 Å². The predicted molar refractivity (Wildman–Crippen MR) is 112 cm³/mol. The van der Waals surface area contributed by atoms with Crippen molar-refractivity contribution in [1.29, 1.82) is 0 Å². The van der Waals surface area contributed by atoms with Crippen molar-refractivity contribution in [1.82, 2.24) is 5.32 Å². The predicted octanol–water partition coefficient (Wildman–Crippen LogP) is 5.81. The van der Waals surface area contributed by atoms with Crippen LogP contribution in [0, 0.1) is 0 Å². The Labute approximate surface area is 158 Å². The van der Waals surface area contributed by atoms with E-state index < -0.39 is 0 Å². The number of rotatable bonds is 22. The maximum atomic E-state index is 5.71. The van der Waals surface area contributed by atoms with Crippen LogP contribution in [0.3, 0.4) is 0 Å². The summed E-state index contributed by atoms with van der Waals surface area (Å²) in [6, 6.07) is 0. The Kier molecular flexibility index (Phi) is 23.8. The molecule has 0 amide bonds. The maximum absolute atomic E-state index is 5.71. The largest absolute Gasteiger partial charge is 0.381 e. The molecule has 0 heterocycles. The number of nitrogens with one attached hydrogen (secondary N) is 1. The topological polar surface area (TPSA) is 47.3 Å². The third kappa shape index (κ3) is 23.9. The van der Waals surface area contributed by atoms with Gasteiger partial charge in [0.05, 0.1) is 0 Å². The van der Waals surface area contributed by atoms with E-state index in [-0.39, 0.29) is 0 Å². The highest BCUT2D eigenvalue weighted by atomic mass is 16.5. The van der Waals surface area contributed by atoms with Gasteiger partial charge in [0.1, 0.15) is 0 Å². The summed E-state index contributed by atoms with van der Waals surface area (Å²) in [5.41, 5.74) is 5.45. The van der Waals surface area contributed by atoms with E-state index in [0.29, 0.717) is 0 Å². The first-order valence-corrected chi connectivity index (χ1v) is 11.4. The zero-order chi connectivity index (χ0) is 18.3.